The number of nitrogens with two attached hydrogens (primary N) is 1. The third kappa shape index (κ3) is 4.75. The minimum atomic E-state index is -3.61. The smallest absolute Gasteiger partial charge is 0.244 e. The van der Waals surface area contributed by atoms with Gasteiger partial charge in [-0.2, -0.15) is 9.29 Å². The van der Waals surface area contributed by atoms with Gasteiger partial charge in [0.05, 0.1) is 0 Å². The third-order valence-electron chi connectivity index (χ3n) is 5.08. The lowest BCUT2D eigenvalue weighted by Crippen LogP contribution is -2.49. The number of aromatic nitrogens is 3. The molecule has 0 amide bonds. The quantitative estimate of drug-likeness (QED) is 0.622. The fourth-order valence-electron chi connectivity index (χ4n) is 3.36. The molecule has 0 bridgehead atoms. The molecule has 3 N–H and O–H groups in total. The van der Waals surface area contributed by atoms with E-state index in [4.69, 9.17) is 5.73 Å². The summed E-state index contributed by atoms with van der Waals surface area (Å²) in [5.41, 5.74) is 8.54. The van der Waals surface area contributed by atoms with Crippen LogP contribution in [-0.2, 0) is 10.0 Å². The van der Waals surface area contributed by atoms with Crippen molar-refractivity contribution in [2.75, 3.05) is 42.1 Å². The second-order valence-corrected chi connectivity index (χ2v) is 9.43. The fraction of sp³-hybridized carbons (Fsp3) is 0.286. The van der Waals surface area contributed by atoms with E-state index in [1.165, 1.54) is 28.2 Å². The highest BCUT2D eigenvalue weighted by atomic mass is 32.2. The summed E-state index contributed by atoms with van der Waals surface area (Å²) in [6.07, 6.45) is 1.30. The van der Waals surface area contributed by atoms with Crippen molar-refractivity contribution in [3.05, 3.63) is 59.9 Å². The van der Waals surface area contributed by atoms with Crippen molar-refractivity contribution < 1.29 is 8.42 Å². The molecule has 9 nitrogen and oxygen atoms in total. The Kier molecular flexibility index (Phi) is 5.75. The van der Waals surface area contributed by atoms with Crippen LogP contribution < -0.4 is 16.0 Å². The normalized spacial score (nSPS) is 15.1. The van der Waals surface area contributed by atoms with E-state index in [0.717, 1.165) is 11.4 Å². The topological polar surface area (TPSA) is 117 Å². The maximum absolute atomic E-state index is 12.9. The summed E-state index contributed by atoms with van der Waals surface area (Å²) in [6, 6.07) is 12.9. The zero-order chi connectivity index (χ0) is 22.0. The monoisotopic (exact) mass is 439 g/mol. The van der Waals surface area contributed by atoms with Crippen molar-refractivity contribution in [1.82, 2.24) is 19.3 Å². The van der Waals surface area contributed by atoms with Crippen LogP contribution in [0.5, 0.6) is 0 Å². The first-order valence-corrected chi connectivity index (χ1v) is 11.4. The Labute approximate surface area is 182 Å². The van der Waals surface area contributed by atoms with Gasteiger partial charge in [0.1, 0.15) is 16.5 Å². The summed E-state index contributed by atoms with van der Waals surface area (Å²) in [4.78, 5) is 15.2. The lowest BCUT2D eigenvalue weighted by molar-refractivity contribution is 0.382. The average Bonchev–Trinajstić information content (AvgIpc) is 2.75. The minimum absolute atomic E-state index is 0.145. The molecule has 0 aliphatic carbocycles. The molecule has 31 heavy (non-hydrogen) atoms. The van der Waals surface area contributed by atoms with Gasteiger partial charge >= 0.3 is 0 Å². The molecule has 0 unspecified atom stereocenters. The highest BCUT2D eigenvalue weighted by Crippen LogP contribution is 2.22. The molecular weight excluding hydrogens is 414 g/mol. The molecule has 1 aliphatic heterocycles. The molecule has 3 aromatic rings. The number of rotatable bonds is 5. The number of pyridine rings is 1. The Hall–Kier alpha value is -3.24. The molecule has 0 atom stereocenters. The molecule has 0 saturated carbocycles. The van der Waals surface area contributed by atoms with E-state index >= 15 is 0 Å². The summed E-state index contributed by atoms with van der Waals surface area (Å²) < 4.78 is 27.2. The largest absolute Gasteiger partial charge is 0.384 e. The van der Waals surface area contributed by atoms with E-state index < -0.39 is 10.0 Å². The van der Waals surface area contributed by atoms with Crippen molar-refractivity contribution in [3.63, 3.8) is 0 Å². The van der Waals surface area contributed by atoms with Gasteiger partial charge in [-0.1, -0.05) is 17.7 Å². The van der Waals surface area contributed by atoms with Gasteiger partial charge in [-0.15, -0.1) is 0 Å². The van der Waals surface area contributed by atoms with Gasteiger partial charge in [0.2, 0.25) is 16.0 Å². The molecule has 3 heterocycles. The summed E-state index contributed by atoms with van der Waals surface area (Å²) in [5, 5.41) is 3.31. The highest BCUT2D eigenvalue weighted by molar-refractivity contribution is 7.89. The Bertz CT molecular complexity index is 1160. The van der Waals surface area contributed by atoms with E-state index in [1.54, 1.807) is 0 Å². The number of nitrogen functional groups attached to an aromatic ring is 1. The van der Waals surface area contributed by atoms with Crippen LogP contribution in [0.1, 0.15) is 11.3 Å². The van der Waals surface area contributed by atoms with E-state index in [2.05, 4.69) is 20.3 Å². The molecule has 162 valence electrons. The molecule has 0 spiro atoms. The molecule has 0 radical (unpaired) electrons. The van der Waals surface area contributed by atoms with Gasteiger partial charge in [-0.25, -0.2) is 18.4 Å². The summed E-state index contributed by atoms with van der Waals surface area (Å²) >= 11 is 0. The van der Waals surface area contributed by atoms with Crippen molar-refractivity contribution in [2.45, 2.75) is 18.7 Å². The fourth-order valence-corrected chi connectivity index (χ4v) is 4.73. The van der Waals surface area contributed by atoms with Crippen LogP contribution in [0.2, 0.25) is 0 Å². The number of piperazine rings is 1. The first-order chi connectivity index (χ1) is 14.8. The number of benzene rings is 1. The summed E-state index contributed by atoms with van der Waals surface area (Å²) in [7, 11) is -3.61. The molecule has 1 aliphatic rings. The number of hydrogen-bond acceptors (Lipinski definition) is 8. The zero-order valence-electron chi connectivity index (χ0n) is 17.5. The van der Waals surface area contributed by atoms with E-state index in [0.29, 0.717) is 37.9 Å². The first-order valence-electron chi connectivity index (χ1n) is 9.97. The van der Waals surface area contributed by atoms with E-state index in [1.807, 2.05) is 49.1 Å². The highest BCUT2D eigenvalue weighted by Gasteiger charge is 2.29. The predicted octanol–water partition coefficient (Wildman–Crippen LogP) is 2.33. The molecule has 2 aromatic heterocycles. The van der Waals surface area contributed by atoms with Crippen LogP contribution in [0.15, 0.2) is 53.6 Å². The number of anilines is 4. The van der Waals surface area contributed by atoms with Crippen LogP contribution in [0.4, 0.5) is 23.3 Å². The Morgan fingerprint density at radius 3 is 2.32 bits per heavy atom. The molecular formula is C21H25N7O2S. The summed E-state index contributed by atoms with van der Waals surface area (Å²) in [5.74, 6) is 1.57. The Morgan fingerprint density at radius 2 is 1.68 bits per heavy atom. The van der Waals surface area contributed by atoms with Gasteiger partial charge in [0.15, 0.2) is 0 Å². The van der Waals surface area contributed by atoms with Crippen molar-refractivity contribution in [2.24, 2.45) is 0 Å². The number of nitrogens with zero attached hydrogens (tertiary/aromatic N) is 5. The van der Waals surface area contributed by atoms with Crippen molar-refractivity contribution in [3.8, 4) is 0 Å². The first kappa shape index (κ1) is 21.0. The minimum Gasteiger partial charge on any atom is -0.384 e. The number of nitrogens with one attached hydrogen (secondary N) is 1. The zero-order valence-corrected chi connectivity index (χ0v) is 18.3. The third-order valence-corrected chi connectivity index (χ3v) is 6.97. The van der Waals surface area contributed by atoms with E-state index in [9.17, 15) is 8.42 Å². The van der Waals surface area contributed by atoms with Crippen LogP contribution in [0.3, 0.4) is 0 Å². The van der Waals surface area contributed by atoms with Crippen molar-refractivity contribution >= 4 is 33.3 Å². The van der Waals surface area contributed by atoms with Gasteiger partial charge in [-0.05, 0) is 38.1 Å². The Morgan fingerprint density at radius 1 is 0.968 bits per heavy atom. The second kappa shape index (κ2) is 8.48. The lowest BCUT2D eigenvalue weighted by Gasteiger charge is -2.34. The predicted molar refractivity (Wildman–Crippen MR) is 121 cm³/mol. The number of sulfonamides is 1. The maximum atomic E-state index is 12.9. The van der Waals surface area contributed by atoms with Crippen LogP contribution in [0, 0.1) is 13.8 Å². The molecule has 1 saturated heterocycles. The van der Waals surface area contributed by atoms with E-state index in [-0.39, 0.29) is 10.7 Å². The van der Waals surface area contributed by atoms with Gasteiger partial charge < -0.3 is 16.0 Å². The standard InChI is InChI=1S/C21H25N7O2S/c1-15-3-5-17(6-4-15)25-20-13-16(2)24-21(26-20)27-9-11-28(12-10-27)31(29,30)18-7-8-19(22)23-14-18/h3-8,13-14H,9-12H2,1-2H3,(H2,22,23)(H,24,25,26). The van der Waals surface area contributed by atoms with Crippen LogP contribution in [0.25, 0.3) is 0 Å². The second-order valence-electron chi connectivity index (χ2n) is 7.50. The SMILES string of the molecule is Cc1ccc(Nc2cc(C)nc(N3CCN(S(=O)(=O)c4ccc(N)nc4)CC3)n2)cc1. The molecule has 10 heteroatoms. The lowest BCUT2D eigenvalue weighted by atomic mass is 10.2. The number of hydrogen-bond donors (Lipinski definition) is 2. The van der Waals surface area contributed by atoms with Gasteiger partial charge in [0.25, 0.3) is 0 Å². The summed E-state index contributed by atoms with van der Waals surface area (Å²) in [6.45, 7) is 5.63. The van der Waals surface area contributed by atoms with Gasteiger partial charge in [0, 0.05) is 49.8 Å². The number of aryl methyl sites for hydroxylation is 2. The Balaban J connectivity index is 1.46. The average molecular weight is 440 g/mol. The molecule has 1 fully saturated rings. The van der Waals surface area contributed by atoms with Gasteiger partial charge in [-0.3, -0.25) is 0 Å². The maximum Gasteiger partial charge on any atom is 0.244 e. The molecule has 1 aromatic carbocycles. The molecule has 4 rings (SSSR count). The van der Waals surface area contributed by atoms with Crippen LogP contribution in [-0.4, -0.2) is 53.9 Å². The van der Waals surface area contributed by atoms with Crippen LogP contribution >= 0.6 is 0 Å². The van der Waals surface area contributed by atoms with Crippen molar-refractivity contribution in [1.29, 1.82) is 0 Å².